The van der Waals surface area contributed by atoms with Crippen LogP contribution in [0.15, 0.2) is 41.3 Å². The van der Waals surface area contributed by atoms with E-state index >= 15 is 0 Å². The third-order valence-corrected chi connectivity index (χ3v) is 5.10. The Labute approximate surface area is 149 Å². The predicted molar refractivity (Wildman–Crippen MR) is 101 cm³/mol. The van der Waals surface area contributed by atoms with Crippen molar-refractivity contribution in [2.75, 3.05) is 6.61 Å². The molecule has 0 bridgehead atoms. The highest BCUT2D eigenvalue weighted by molar-refractivity contribution is 7.19. The van der Waals surface area contributed by atoms with Crippen LogP contribution in [0.5, 0.6) is 5.75 Å². The number of rotatable bonds is 5. The van der Waals surface area contributed by atoms with Crippen LogP contribution in [-0.4, -0.2) is 17.1 Å². The van der Waals surface area contributed by atoms with Gasteiger partial charge in [0.05, 0.1) is 17.6 Å². The number of nitrogens with one attached hydrogen (secondary N) is 1. The van der Waals surface area contributed by atoms with Gasteiger partial charge < -0.3 is 14.6 Å². The number of para-hydroxylation sites is 1. The number of hydrogen-bond donors (Lipinski definition) is 1. The summed E-state index contributed by atoms with van der Waals surface area (Å²) in [6.45, 7) is 4.70. The van der Waals surface area contributed by atoms with Crippen LogP contribution >= 0.6 is 11.3 Å². The molecule has 0 spiro atoms. The number of nitrogens with zero attached hydrogens (tertiary/aromatic N) is 1. The number of aryl methyl sites for hydroxylation is 2. The Morgan fingerprint density at radius 2 is 2.04 bits per heavy atom. The molecule has 0 aliphatic heterocycles. The summed E-state index contributed by atoms with van der Waals surface area (Å²) >= 11 is 1.46. The number of thiophene rings is 1. The van der Waals surface area contributed by atoms with Crippen molar-refractivity contribution in [2.45, 2.75) is 20.4 Å². The van der Waals surface area contributed by atoms with Gasteiger partial charge in [0, 0.05) is 34.9 Å². The summed E-state index contributed by atoms with van der Waals surface area (Å²) in [6, 6.07) is 9.48. The number of benzene rings is 1. The van der Waals surface area contributed by atoms with Crippen molar-refractivity contribution < 1.29 is 9.53 Å². The number of carbonyl (C=O) groups excluding carboxylic acids is 1. The van der Waals surface area contributed by atoms with Gasteiger partial charge >= 0.3 is 0 Å². The summed E-state index contributed by atoms with van der Waals surface area (Å²) in [5, 5.41) is 3.41. The molecule has 1 amide bonds. The normalized spacial score (nSPS) is 10.8. The van der Waals surface area contributed by atoms with Gasteiger partial charge in [-0.05, 0) is 26.0 Å². The van der Waals surface area contributed by atoms with E-state index in [0.717, 1.165) is 20.9 Å². The second kappa shape index (κ2) is 7.11. The molecule has 1 N–H and O–H groups in total. The fourth-order valence-corrected chi connectivity index (χ4v) is 3.85. The molecule has 130 valence electrons. The third-order valence-electron chi connectivity index (χ3n) is 4.03. The number of ether oxygens (including phenoxy) is 1. The Morgan fingerprint density at radius 3 is 2.80 bits per heavy atom. The molecular weight excluding hydrogens is 336 g/mol. The van der Waals surface area contributed by atoms with Crippen molar-refractivity contribution in [3.8, 4) is 5.75 Å². The molecule has 0 saturated carbocycles. The van der Waals surface area contributed by atoms with Gasteiger partial charge in [0.1, 0.15) is 5.75 Å². The van der Waals surface area contributed by atoms with Gasteiger partial charge in [0.2, 0.25) is 0 Å². The molecule has 0 saturated heterocycles. The van der Waals surface area contributed by atoms with Crippen molar-refractivity contribution in [1.82, 2.24) is 9.88 Å². The molecule has 0 atom stereocenters. The van der Waals surface area contributed by atoms with Crippen molar-refractivity contribution >= 4 is 27.3 Å². The van der Waals surface area contributed by atoms with Gasteiger partial charge in [-0.1, -0.05) is 18.2 Å². The lowest BCUT2D eigenvalue weighted by Crippen LogP contribution is -2.25. The second-order valence-electron chi connectivity index (χ2n) is 5.73. The molecule has 0 aliphatic rings. The van der Waals surface area contributed by atoms with Gasteiger partial charge in [-0.25, -0.2) is 0 Å². The van der Waals surface area contributed by atoms with E-state index in [4.69, 9.17) is 4.74 Å². The van der Waals surface area contributed by atoms with Crippen molar-refractivity contribution in [2.24, 2.45) is 7.05 Å². The van der Waals surface area contributed by atoms with Gasteiger partial charge in [-0.2, -0.15) is 0 Å². The fourth-order valence-electron chi connectivity index (χ4n) is 2.80. The highest BCUT2D eigenvalue weighted by Gasteiger charge is 2.19. The number of carbonyl (C=O) groups is 1. The average molecular weight is 356 g/mol. The lowest BCUT2D eigenvalue weighted by Gasteiger charge is -2.11. The molecule has 2 aromatic heterocycles. The van der Waals surface area contributed by atoms with E-state index in [0.29, 0.717) is 24.1 Å². The largest absolute Gasteiger partial charge is 0.494 e. The lowest BCUT2D eigenvalue weighted by molar-refractivity contribution is 0.0952. The topological polar surface area (TPSA) is 60.3 Å². The van der Waals surface area contributed by atoms with Gasteiger partial charge in [0.25, 0.3) is 11.5 Å². The molecule has 0 radical (unpaired) electrons. The number of fused-ring (bicyclic) bond motifs is 1. The van der Waals surface area contributed by atoms with Gasteiger partial charge in [-0.3, -0.25) is 9.59 Å². The highest BCUT2D eigenvalue weighted by atomic mass is 32.1. The molecule has 0 aliphatic carbocycles. The number of pyridine rings is 1. The van der Waals surface area contributed by atoms with E-state index in [1.165, 1.54) is 15.9 Å². The molecule has 1 aromatic carbocycles. The predicted octanol–water partition coefficient (Wildman–Crippen LogP) is 3.24. The van der Waals surface area contributed by atoms with Crippen LogP contribution in [0.4, 0.5) is 0 Å². The molecule has 3 aromatic rings. The first-order valence-electron chi connectivity index (χ1n) is 8.10. The van der Waals surface area contributed by atoms with Crippen LogP contribution in [0.25, 0.3) is 10.1 Å². The zero-order valence-corrected chi connectivity index (χ0v) is 15.3. The third kappa shape index (κ3) is 3.30. The minimum absolute atomic E-state index is 0.151. The van der Waals surface area contributed by atoms with E-state index in [-0.39, 0.29) is 11.5 Å². The second-order valence-corrected chi connectivity index (χ2v) is 6.98. The van der Waals surface area contributed by atoms with Crippen LogP contribution in [0, 0.1) is 6.92 Å². The zero-order chi connectivity index (χ0) is 18.0. The summed E-state index contributed by atoms with van der Waals surface area (Å²) in [7, 11) is 1.69. The Kier molecular flexibility index (Phi) is 4.90. The summed E-state index contributed by atoms with van der Waals surface area (Å²) < 4.78 is 7.92. The molecule has 0 fully saturated rings. The maximum Gasteiger partial charge on any atom is 0.259 e. The van der Waals surface area contributed by atoms with Crippen LogP contribution in [0.1, 0.15) is 27.7 Å². The van der Waals surface area contributed by atoms with E-state index in [1.807, 2.05) is 44.2 Å². The minimum atomic E-state index is -0.238. The Bertz CT molecular complexity index is 988. The lowest BCUT2D eigenvalue weighted by atomic mass is 10.1. The molecule has 25 heavy (non-hydrogen) atoms. The first-order chi connectivity index (χ1) is 12.0. The number of hydrogen-bond acceptors (Lipinski definition) is 4. The van der Waals surface area contributed by atoms with Crippen molar-refractivity contribution in [3.63, 3.8) is 0 Å². The number of aromatic nitrogens is 1. The van der Waals surface area contributed by atoms with Gasteiger partial charge in [0.15, 0.2) is 0 Å². The Hall–Kier alpha value is -2.60. The fraction of sp³-hybridized carbons (Fsp3) is 0.263. The molecule has 6 heteroatoms. The Morgan fingerprint density at radius 1 is 1.28 bits per heavy atom. The maximum absolute atomic E-state index is 12.8. The van der Waals surface area contributed by atoms with E-state index in [1.54, 1.807) is 13.2 Å². The van der Waals surface area contributed by atoms with E-state index in [9.17, 15) is 9.59 Å². The van der Waals surface area contributed by atoms with Crippen molar-refractivity contribution in [3.05, 3.63) is 62.9 Å². The first-order valence-corrected chi connectivity index (χ1v) is 8.92. The maximum atomic E-state index is 12.8. The van der Waals surface area contributed by atoms with E-state index < -0.39 is 0 Å². The SMILES string of the molecule is CCOc1ccccc1CNC(=O)c1c(C)sc2ccn(C)c(=O)c12. The minimum Gasteiger partial charge on any atom is -0.494 e. The summed E-state index contributed by atoms with van der Waals surface area (Å²) in [4.78, 5) is 26.0. The molecule has 0 unspecified atom stereocenters. The van der Waals surface area contributed by atoms with Crippen LogP contribution < -0.4 is 15.6 Å². The average Bonchev–Trinajstić information content (AvgIpc) is 2.94. The smallest absolute Gasteiger partial charge is 0.259 e. The summed E-state index contributed by atoms with van der Waals surface area (Å²) in [5.74, 6) is 0.520. The van der Waals surface area contributed by atoms with Crippen LogP contribution in [0.3, 0.4) is 0 Å². The van der Waals surface area contributed by atoms with Crippen LogP contribution in [-0.2, 0) is 13.6 Å². The summed E-state index contributed by atoms with van der Waals surface area (Å²) in [6.07, 6.45) is 1.72. The molecule has 3 rings (SSSR count). The molecule has 2 heterocycles. The first kappa shape index (κ1) is 17.2. The zero-order valence-electron chi connectivity index (χ0n) is 14.5. The quantitative estimate of drug-likeness (QED) is 0.763. The van der Waals surface area contributed by atoms with E-state index in [2.05, 4.69) is 5.32 Å². The highest BCUT2D eigenvalue weighted by Crippen LogP contribution is 2.28. The molecular formula is C19H20N2O3S. The van der Waals surface area contributed by atoms with Crippen molar-refractivity contribution in [1.29, 1.82) is 0 Å². The summed E-state index contributed by atoms with van der Waals surface area (Å²) in [5.41, 5.74) is 1.22. The standard InChI is InChI=1S/C19H20N2O3S/c1-4-24-14-8-6-5-7-13(14)11-20-18(22)16-12(2)25-15-9-10-21(3)19(23)17(15)16/h5-10H,4,11H2,1-3H3,(H,20,22). The van der Waals surface area contributed by atoms with Gasteiger partial charge in [-0.15, -0.1) is 11.3 Å². The molecule has 5 nitrogen and oxygen atoms in total. The van der Waals surface area contributed by atoms with Crippen LogP contribution in [0.2, 0.25) is 0 Å². The Balaban J connectivity index is 1.90. The number of amides is 1. The monoisotopic (exact) mass is 356 g/mol.